The summed E-state index contributed by atoms with van der Waals surface area (Å²) in [6.07, 6.45) is 3.38. The van der Waals surface area contributed by atoms with Crippen molar-refractivity contribution < 1.29 is 18.3 Å². The zero-order chi connectivity index (χ0) is 21.1. The fourth-order valence-corrected chi connectivity index (χ4v) is 3.87. The zero-order valence-corrected chi connectivity index (χ0v) is 16.5. The second-order valence-electron chi connectivity index (χ2n) is 7.33. The molecule has 1 fully saturated rings. The van der Waals surface area contributed by atoms with E-state index in [4.69, 9.17) is 4.74 Å². The summed E-state index contributed by atoms with van der Waals surface area (Å²) >= 11 is 0. The van der Waals surface area contributed by atoms with Crippen LogP contribution in [0.1, 0.15) is 11.5 Å². The van der Waals surface area contributed by atoms with Gasteiger partial charge in [0.05, 0.1) is 30.0 Å². The van der Waals surface area contributed by atoms with E-state index in [0.717, 1.165) is 11.6 Å². The summed E-state index contributed by atoms with van der Waals surface area (Å²) in [6, 6.07) is 8.83. The molecule has 0 unspecified atom stereocenters. The maximum atomic E-state index is 13.8. The maximum Gasteiger partial charge on any atom is 0.319 e. The minimum absolute atomic E-state index is 0.174. The van der Waals surface area contributed by atoms with Gasteiger partial charge in [-0.05, 0) is 29.8 Å². The second-order valence-corrected chi connectivity index (χ2v) is 7.33. The Bertz CT molecular complexity index is 1040. The van der Waals surface area contributed by atoms with E-state index >= 15 is 0 Å². The molecule has 4 rings (SSSR count). The summed E-state index contributed by atoms with van der Waals surface area (Å²) in [4.78, 5) is 14.8. The number of halogens is 2. The third-order valence-electron chi connectivity index (χ3n) is 5.37. The van der Waals surface area contributed by atoms with E-state index < -0.39 is 11.6 Å². The van der Waals surface area contributed by atoms with Gasteiger partial charge < -0.3 is 15.4 Å². The lowest BCUT2D eigenvalue weighted by Crippen LogP contribution is -2.42. The van der Waals surface area contributed by atoms with E-state index in [0.29, 0.717) is 37.5 Å². The Balaban J connectivity index is 1.50. The third-order valence-corrected chi connectivity index (χ3v) is 5.37. The lowest BCUT2D eigenvalue weighted by atomic mass is 9.94. The van der Waals surface area contributed by atoms with Gasteiger partial charge in [-0.3, -0.25) is 4.90 Å². The average molecular weight is 415 g/mol. The molecular weight excluding hydrogens is 392 g/mol. The molecule has 0 saturated carbocycles. The largest absolute Gasteiger partial charge is 0.383 e. The number of nitrogens with one attached hydrogen (secondary N) is 2. The van der Waals surface area contributed by atoms with Crippen molar-refractivity contribution in [2.24, 2.45) is 0 Å². The van der Waals surface area contributed by atoms with Gasteiger partial charge in [-0.25, -0.2) is 18.1 Å². The number of carbonyl (C=O) groups is 1. The van der Waals surface area contributed by atoms with Gasteiger partial charge in [0.2, 0.25) is 0 Å². The van der Waals surface area contributed by atoms with Crippen LogP contribution < -0.4 is 10.6 Å². The van der Waals surface area contributed by atoms with Gasteiger partial charge >= 0.3 is 6.03 Å². The zero-order valence-electron chi connectivity index (χ0n) is 16.5. The van der Waals surface area contributed by atoms with Crippen molar-refractivity contribution in [3.63, 3.8) is 0 Å². The number of benzene rings is 1. The molecule has 9 heteroatoms. The molecule has 30 heavy (non-hydrogen) atoms. The number of likely N-dealkylation sites (tertiary alicyclic amines) is 1. The number of fused-ring (bicyclic) bond motifs is 1. The van der Waals surface area contributed by atoms with E-state index in [1.807, 2.05) is 18.2 Å². The minimum atomic E-state index is -0.891. The van der Waals surface area contributed by atoms with Crippen LogP contribution >= 0.6 is 0 Å². The molecule has 0 spiro atoms. The maximum absolute atomic E-state index is 13.8. The Morgan fingerprint density at radius 2 is 2.10 bits per heavy atom. The SMILES string of the molecule is COCCN1C[C@@H](NC(=O)Nc2cnn3ccccc23)[C@H](c2ccc(F)c(F)c2)C1. The van der Waals surface area contributed by atoms with E-state index in [1.54, 1.807) is 30.1 Å². The number of aromatic nitrogens is 2. The molecule has 2 N–H and O–H groups in total. The summed E-state index contributed by atoms with van der Waals surface area (Å²) in [5.41, 5.74) is 2.01. The van der Waals surface area contributed by atoms with Gasteiger partial charge in [0.1, 0.15) is 0 Å². The van der Waals surface area contributed by atoms with Gasteiger partial charge in [-0.2, -0.15) is 5.10 Å². The number of amides is 2. The van der Waals surface area contributed by atoms with Gasteiger partial charge in [-0.15, -0.1) is 0 Å². The molecule has 2 atom stereocenters. The highest BCUT2D eigenvalue weighted by atomic mass is 19.2. The number of carbonyl (C=O) groups excluding carboxylic acids is 1. The lowest BCUT2D eigenvalue weighted by molar-refractivity contribution is 0.159. The van der Waals surface area contributed by atoms with Crippen LogP contribution in [0.15, 0.2) is 48.8 Å². The third kappa shape index (κ3) is 4.27. The van der Waals surface area contributed by atoms with E-state index in [2.05, 4.69) is 20.6 Å². The number of hydrogen-bond acceptors (Lipinski definition) is 4. The van der Waals surface area contributed by atoms with Crippen molar-refractivity contribution in [3.05, 3.63) is 66.0 Å². The quantitative estimate of drug-likeness (QED) is 0.650. The van der Waals surface area contributed by atoms with Crippen molar-refractivity contribution in [3.8, 4) is 0 Å². The van der Waals surface area contributed by atoms with Crippen molar-refractivity contribution in [2.45, 2.75) is 12.0 Å². The predicted octanol–water partition coefficient (Wildman–Crippen LogP) is 2.85. The normalized spacial score (nSPS) is 19.3. The Hall–Kier alpha value is -3.04. The van der Waals surface area contributed by atoms with Crippen molar-refractivity contribution in [1.82, 2.24) is 19.8 Å². The fraction of sp³-hybridized carbons (Fsp3) is 0.333. The van der Waals surface area contributed by atoms with Crippen molar-refractivity contribution in [1.29, 1.82) is 0 Å². The van der Waals surface area contributed by atoms with Gasteiger partial charge in [0.15, 0.2) is 11.6 Å². The van der Waals surface area contributed by atoms with Crippen molar-refractivity contribution in [2.75, 3.05) is 38.7 Å². The highest BCUT2D eigenvalue weighted by molar-refractivity contribution is 5.94. The van der Waals surface area contributed by atoms with Crippen molar-refractivity contribution >= 4 is 17.2 Å². The smallest absolute Gasteiger partial charge is 0.319 e. The number of ether oxygens (including phenoxy) is 1. The van der Waals surface area contributed by atoms with Crippen LogP contribution in [0.2, 0.25) is 0 Å². The summed E-state index contributed by atoms with van der Waals surface area (Å²) in [7, 11) is 1.63. The number of urea groups is 1. The second kappa shape index (κ2) is 8.76. The number of anilines is 1. The highest BCUT2D eigenvalue weighted by Crippen LogP contribution is 2.29. The topological polar surface area (TPSA) is 70.9 Å². The van der Waals surface area contributed by atoms with Crippen LogP contribution in [0.25, 0.3) is 5.52 Å². The lowest BCUT2D eigenvalue weighted by Gasteiger charge is -2.20. The highest BCUT2D eigenvalue weighted by Gasteiger charge is 2.35. The van der Waals surface area contributed by atoms with Gasteiger partial charge in [0.25, 0.3) is 0 Å². The minimum Gasteiger partial charge on any atom is -0.383 e. The molecule has 1 aromatic carbocycles. The number of rotatable bonds is 6. The molecule has 1 aliphatic heterocycles. The molecule has 0 aliphatic carbocycles. The molecule has 158 valence electrons. The first-order chi connectivity index (χ1) is 14.5. The Kier molecular flexibility index (Phi) is 5.91. The first kappa shape index (κ1) is 20.2. The Labute approximate surface area is 172 Å². The summed E-state index contributed by atoms with van der Waals surface area (Å²) in [5.74, 6) is -1.95. The molecule has 1 saturated heterocycles. The Morgan fingerprint density at radius 3 is 2.90 bits per heavy atom. The predicted molar refractivity (Wildman–Crippen MR) is 109 cm³/mol. The first-order valence-corrected chi connectivity index (χ1v) is 9.71. The van der Waals surface area contributed by atoms with Crippen LogP contribution in [0.4, 0.5) is 19.3 Å². The molecule has 0 bridgehead atoms. The summed E-state index contributed by atoms with van der Waals surface area (Å²) in [6.45, 7) is 2.42. The number of nitrogens with zero attached hydrogens (tertiary/aromatic N) is 3. The number of methoxy groups -OCH3 is 1. The van der Waals surface area contributed by atoms with E-state index in [9.17, 15) is 13.6 Å². The molecule has 0 radical (unpaired) electrons. The van der Waals surface area contributed by atoms with Crippen LogP contribution in [0, 0.1) is 11.6 Å². The van der Waals surface area contributed by atoms with E-state index in [1.165, 1.54) is 6.07 Å². The average Bonchev–Trinajstić information content (AvgIpc) is 3.33. The van der Waals surface area contributed by atoms with Crippen LogP contribution in [0.5, 0.6) is 0 Å². The summed E-state index contributed by atoms with van der Waals surface area (Å²) < 4.78 is 34.0. The molecule has 1 aliphatic rings. The number of hydrogen-bond donors (Lipinski definition) is 2. The van der Waals surface area contributed by atoms with Crippen LogP contribution in [0.3, 0.4) is 0 Å². The monoisotopic (exact) mass is 415 g/mol. The molecule has 3 heterocycles. The van der Waals surface area contributed by atoms with Crippen LogP contribution in [-0.2, 0) is 4.74 Å². The summed E-state index contributed by atoms with van der Waals surface area (Å²) in [5, 5.41) is 10.0. The standard InChI is InChI=1S/C21H23F2N5O2/c1-30-9-8-27-12-15(14-5-6-16(22)17(23)10-14)19(13-27)26-21(29)25-18-11-24-28-7-3-2-4-20(18)28/h2-7,10-11,15,19H,8-9,12-13H2,1H3,(H2,25,26,29)/t15-,19+/m0/s1. The molecule has 2 aromatic heterocycles. The molecule has 2 amide bonds. The van der Waals surface area contributed by atoms with Gasteiger partial charge in [0, 0.05) is 38.9 Å². The van der Waals surface area contributed by atoms with Crippen LogP contribution in [-0.4, -0.2) is 59.9 Å². The molecule has 3 aromatic rings. The fourth-order valence-electron chi connectivity index (χ4n) is 3.87. The van der Waals surface area contributed by atoms with Gasteiger partial charge in [-0.1, -0.05) is 12.1 Å². The number of pyridine rings is 1. The van der Waals surface area contributed by atoms with E-state index in [-0.39, 0.29) is 18.0 Å². The molecule has 7 nitrogen and oxygen atoms in total. The first-order valence-electron chi connectivity index (χ1n) is 9.71. The Morgan fingerprint density at radius 1 is 1.23 bits per heavy atom. The molecular formula is C21H23F2N5O2.